The standard InChI is InChI=1S/C27H31N7O4.C22H23N7O2.C16H12N6O3.C10H20N2O2/c1-16-14-30-20-10-7-17(15-34(16)20)21-23(25-29-11-13-37-25)32-24(28)22(31-21)19(35)9-8-18-6-5-12-33(18)26(36)38-27(2,3)4;1-13-11-26-17-7-4-14(12-29(13)17)18-20(22-25-9-10-31-22)28-21(23)19(27-18)16(30)6-5-15-3-2-8-24-15;1-8-6-19-10-3-2-9(7-22(8)10)11-12(15-18-4-5-25-15)21-14(17)13(20-11)16(23)24;1-10(2,3)14-9(13)12-6-4-5-8(12)7-11/h7,10-11,13-15,18H,5-6,8-9,12H2,1-4H3,(H2,28,32);4,7,9-12,15,24H,2-3,5-6,8H2,1H3,(H2,23,28);2-7H,1H3,(H2,17,21)(H,23,24);8H,4-7,11H2,1-3H3/t18-;15-;;8-/m00.0/s1. The van der Waals surface area contributed by atoms with Crippen molar-refractivity contribution in [2.45, 2.75) is 156 Å². The third kappa shape index (κ3) is 17.3. The summed E-state index contributed by atoms with van der Waals surface area (Å²) in [4.78, 5) is 118. The Kier molecular flexibility index (Phi) is 22.4. The van der Waals surface area contributed by atoms with Crippen LogP contribution in [0.5, 0.6) is 0 Å². The maximum Gasteiger partial charge on any atom is 0.410 e. The van der Waals surface area contributed by atoms with Gasteiger partial charge in [0, 0.05) is 122 Å². The van der Waals surface area contributed by atoms with Crippen molar-refractivity contribution in [3.8, 4) is 68.5 Å². The lowest BCUT2D eigenvalue weighted by atomic mass is 10.0. The zero-order valence-corrected chi connectivity index (χ0v) is 61.5. The number of anilines is 3. The molecule has 10 N–H and O–H groups in total. The summed E-state index contributed by atoms with van der Waals surface area (Å²) in [6.07, 6.45) is 26.9. The Labute approximate surface area is 620 Å². The molecule has 3 fully saturated rings. The summed E-state index contributed by atoms with van der Waals surface area (Å²) in [5, 5.41) is 12.7. The summed E-state index contributed by atoms with van der Waals surface area (Å²) in [5.74, 6) is -0.984. The van der Waals surface area contributed by atoms with Gasteiger partial charge in [0.2, 0.25) is 17.7 Å². The number of pyridine rings is 3. The quantitative estimate of drug-likeness (QED) is 0.0489. The number of carbonyl (C=O) groups excluding carboxylic acids is 4. The molecule has 33 heteroatoms. The lowest BCUT2D eigenvalue weighted by molar-refractivity contribution is 0.0212. The number of ketones is 2. The molecule has 0 unspecified atom stereocenters. The second-order valence-corrected chi connectivity index (χ2v) is 28.3. The lowest BCUT2D eigenvalue weighted by Gasteiger charge is -2.28. The first kappa shape index (κ1) is 75.3. The van der Waals surface area contributed by atoms with Crippen molar-refractivity contribution in [1.29, 1.82) is 0 Å². The highest BCUT2D eigenvalue weighted by Crippen LogP contribution is 2.36. The average molecular weight is 1470 g/mol. The Balaban J connectivity index is 0.000000141. The number of nitrogens with zero attached hydrogens (tertiary/aromatic N) is 17. The molecule has 3 atom stereocenters. The van der Waals surface area contributed by atoms with Crippen LogP contribution in [0, 0.1) is 20.8 Å². The minimum absolute atomic E-state index is 0.00209. The molecule has 0 saturated carbocycles. The molecular weight excluding hydrogens is 1380 g/mol. The van der Waals surface area contributed by atoms with E-state index in [1.165, 1.54) is 37.4 Å². The molecule has 3 saturated heterocycles. The number of aromatic nitrogens is 15. The third-order valence-electron chi connectivity index (χ3n) is 18.2. The SMILES string of the molecule is CC(C)(C)OC(=O)N1CCC[C@H]1CN.Cc1cnc2ccc(-c3nc(C(=O)CC[C@@H]4CCCN4)c(N)nc3-c3ncco3)cn12.Cc1cnc2ccc(-c3nc(C(=O)CC[C@@H]4CCCN4C(=O)OC(C)(C)C)c(N)nc3-c3ncco3)cn12.Cc1cnc2ccc(-c3nc(C(=O)O)c(N)nc3-c3ncco3)cn12. The van der Waals surface area contributed by atoms with Gasteiger partial charge in [0.25, 0.3) is 0 Å². The zero-order chi connectivity index (χ0) is 76.7. The number of likely N-dealkylation sites (tertiary alicyclic amines) is 2. The van der Waals surface area contributed by atoms with Crippen molar-refractivity contribution in [1.82, 2.24) is 88.1 Å². The van der Waals surface area contributed by atoms with E-state index in [9.17, 15) is 29.1 Å². The van der Waals surface area contributed by atoms with E-state index < -0.39 is 17.2 Å². The maximum absolute atomic E-state index is 13.4. The number of carboxylic acid groups (broad SMARTS) is 1. The van der Waals surface area contributed by atoms with E-state index in [2.05, 4.69) is 60.1 Å². The van der Waals surface area contributed by atoms with Gasteiger partial charge in [-0.2, -0.15) is 0 Å². The minimum atomic E-state index is -1.26. The Morgan fingerprint density at radius 2 is 0.880 bits per heavy atom. The van der Waals surface area contributed by atoms with E-state index in [0.29, 0.717) is 77.5 Å². The van der Waals surface area contributed by atoms with E-state index in [1.807, 2.05) is 112 Å². The fourth-order valence-electron chi connectivity index (χ4n) is 12.9. The molecule has 108 heavy (non-hydrogen) atoms. The number of amides is 2. The summed E-state index contributed by atoms with van der Waals surface area (Å²) in [7, 11) is 0. The number of ether oxygens (including phenoxy) is 2. The van der Waals surface area contributed by atoms with Crippen molar-refractivity contribution < 1.29 is 51.8 Å². The number of aryl methyl sites for hydroxylation is 3. The number of aromatic carboxylic acids is 1. The Hall–Kier alpha value is -12.4. The van der Waals surface area contributed by atoms with Gasteiger partial charge in [-0.25, -0.2) is 74.2 Å². The molecule has 33 nitrogen and oxygen atoms in total. The number of hydrogen-bond donors (Lipinski definition) is 6. The van der Waals surface area contributed by atoms with Crippen LogP contribution in [0.3, 0.4) is 0 Å². The fourth-order valence-corrected chi connectivity index (χ4v) is 12.9. The van der Waals surface area contributed by atoms with Gasteiger partial charge < -0.3 is 79.1 Å². The Bertz CT molecular complexity index is 5230. The smallest absolute Gasteiger partial charge is 0.410 e. The highest BCUT2D eigenvalue weighted by molar-refractivity contribution is 6.00. The van der Waals surface area contributed by atoms with Gasteiger partial charge in [0.15, 0.2) is 51.8 Å². The molecule has 12 aromatic rings. The molecular formula is C75H86N22O11. The summed E-state index contributed by atoms with van der Waals surface area (Å²) in [6.45, 7) is 19.9. The van der Waals surface area contributed by atoms with Gasteiger partial charge in [0.05, 0.1) is 18.6 Å². The van der Waals surface area contributed by atoms with Gasteiger partial charge in [-0.3, -0.25) is 9.59 Å². The van der Waals surface area contributed by atoms with Gasteiger partial charge in [0.1, 0.15) is 75.4 Å². The van der Waals surface area contributed by atoms with Gasteiger partial charge >= 0.3 is 18.2 Å². The number of rotatable bonds is 16. The van der Waals surface area contributed by atoms with Gasteiger partial charge in [-0.1, -0.05) is 0 Å². The number of hydrogen-bond acceptors (Lipinski definition) is 27. The largest absolute Gasteiger partial charge is 0.476 e. The van der Waals surface area contributed by atoms with Crippen LogP contribution in [-0.4, -0.2) is 173 Å². The lowest BCUT2D eigenvalue weighted by Crippen LogP contribution is -2.42. The second kappa shape index (κ2) is 32.1. The van der Waals surface area contributed by atoms with Crippen LogP contribution in [0.2, 0.25) is 0 Å². The molecule has 3 aliphatic heterocycles. The van der Waals surface area contributed by atoms with Crippen LogP contribution in [0.25, 0.3) is 85.5 Å². The van der Waals surface area contributed by atoms with E-state index in [0.717, 1.165) is 97.6 Å². The first-order chi connectivity index (χ1) is 51.7. The monoisotopic (exact) mass is 1470 g/mol. The molecule has 15 heterocycles. The Morgan fingerprint density at radius 3 is 1.24 bits per heavy atom. The molecule has 12 aromatic heterocycles. The number of carboxylic acids is 1. The highest BCUT2D eigenvalue weighted by atomic mass is 16.6. The molecule has 15 rings (SSSR count). The first-order valence-corrected chi connectivity index (χ1v) is 35.5. The first-order valence-electron chi connectivity index (χ1n) is 35.5. The number of fused-ring (bicyclic) bond motifs is 3. The summed E-state index contributed by atoms with van der Waals surface area (Å²) < 4.78 is 32.8. The number of imidazole rings is 3. The van der Waals surface area contributed by atoms with Gasteiger partial charge in [-0.15, -0.1) is 0 Å². The zero-order valence-electron chi connectivity index (χ0n) is 61.5. The summed E-state index contributed by atoms with van der Waals surface area (Å²) in [5.41, 5.74) is 32.2. The van der Waals surface area contributed by atoms with Crippen LogP contribution in [0.1, 0.15) is 154 Å². The van der Waals surface area contributed by atoms with Crippen LogP contribution in [0.4, 0.5) is 27.0 Å². The molecule has 2 amide bonds. The van der Waals surface area contributed by atoms with E-state index in [-0.39, 0.29) is 94.3 Å². The van der Waals surface area contributed by atoms with Crippen LogP contribution >= 0.6 is 0 Å². The average Bonchev–Trinajstić information content (AvgIpc) is 1.36. The van der Waals surface area contributed by atoms with Crippen molar-refractivity contribution >= 4 is 64.1 Å². The summed E-state index contributed by atoms with van der Waals surface area (Å²) >= 11 is 0. The van der Waals surface area contributed by atoms with Crippen molar-refractivity contribution in [3.05, 3.63) is 145 Å². The fraction of sp³-hybridized carbons (Fsp3) is 0.373. The third-order valence-corrected chi connectivity index (χ3v) is 18.2. The van der Waals surface area contributed by atoms with E-state index in [1.54, 1.807) is 46.7 Å². The van der Waals surface area contributed by atoms with Crippen LogP contribution < -0.4 is 28.3 Å². The van der Waals surface area contributed by atoms with E-state index in [4.69, 9.17) is 50.6 Å². The molecule has 3 aliphatic rings. The van der Waals surface area contributed by atoms with Crippen molar-refractivity contribution in [3.63, 3.8) is 0 Å². The summed E-state index contributed by atoms with van der Waals surface area (Å²) in [6, 6.07) is 11.6. The number of carbonyl (C=O) groups is 5. The molecule has 562 valence electrons. The minimum Gasteiger partial charge on any atom is -0.476 e. The highest BCUT2D eigenvalue weighted by Gasteiger charge is 2.35. The topological polar surface area (TPSA) is 454 Å². The predicted molar refractivity (Wildman–Crippen MR) is 399 cm³/mol. The molecule has 0 bridgehead atoms. The van der Waals surface area contributed by atoms with Crippen LogP contribution in [0.15, 0.2) is 124 Å². The number of nitrogen functional groups attached to an aromatic ring is 3. The normalized spacial score (nSPS) is 15.7. The molecule has 0 aromatic carbocycles. The number of nitrogens with two attached hydrogens (primary N) is 4. The molecule has 0 aliphatic carbocycles. The van der Waals surface area contributed by atoms with E-state index >= 15 is 0 Å². The predicted octanol–water partition coefficient (Wildman–Crippen LogP) is 11.1. The number of oxazole rings is 3. The molecule has 0 radical (unpaired) electrons. The van der Waals surface area contributed by atoms with Crippen molar-refractivity contribution in [2.75, 3.05) is 43.4 Å². The van der Waals surface area contributed by atoms with Crippen LogP contribution in [-0.2, 0) is 9.47 Å². The number of Topliss-reactive ketones (excluding diaryl/α,β-unsaturated/α-hetero) is 2. The number of nitrogens with one attached hydrogen (secondary N) is 1. The van der Waals surface area contributed by atoms with Crippen molar-refractivity contribution in [2.24, 2.45) is 5.73 Å². The van der Waals surface area contributed by atoms with Gasteiger partial charge in [-0.05, 0) is 157 Å². The maximum atomic E-state index is 13.4. The second-order valence-electron chi connectivity index (χ2n) is 28.3. The molecule has 0 spiro atoms. The Morgan fingerprint density at radius 1 is 0.500 bits per heavy atom.